The monoisotopic (exact) mass is 300 g/mol. The SMILES string of the molecule is Clc1cccc(NC2CCN(CCc3ccccc3)C2)c1. The zero-order valence-electron chi connectivity index (χ0n) is 12.1. The third kappa shape index (κ3) is 4.23. The Morgan fingerprint density at radius 1 is 1.10 bits per heavy atom. The fourth-order valence-corrected chi connectivity index (χ4v) is 3.09. The molecule has 1 aliphatic heterocycles. The average molecular weight is 301 g/mol. The number of anilines is 1. The predicted molar refractivity (Wildman–Crippen MR) is 90.1 cm³/mol. The Kier molecular flexibility index (Phi) is 4.79. The number of halogens is 1. The first kappa shape index (κ1) is 14.4. The van der Waals surface area contributed by atoms with Crippen molar-refractivity contribution in [1.82, 2.24) is 4.90 Å². The van der Waals surface area contributed by atoms with Crippen molar-refractivity contribution in [2.75, 3.05) is 25.0 Å². The highest BCUT2D eigenvalue weighted by Gasteiger charge is 2.21. The summed E-state index contributed by atoms with van der Waals surface area (Å²) in [5, 5.41) is 4.37. The van der Waals surface area contributed by atoms with Crippen LogP contribution >= 0.6 is 11.6 Å². The lowest BCUT2D eigenvalue weighted by atomic mass is 10.1. The molecule has 2 aromatic rings. The molecule has 2 nitrogen and oxygen atoms in total. The fraction of sp³-hybridized carbons (Fsp3) is 0.333. The Hall–Kier alpha value is -1.51. The Labute approximate surface area is 131 Å². The van der Waals surface area contributed by atoms with Gasteiger partial charge in [-0.1, -0.05) is 48.0 Å². The number of hydrogen-bond donors (Lipinski definition) is 1. The van der Waals surface area contributed by atoms with E-state index < -0.39 is 0 Å². The molecule has 1 heterocycles. The number of rotatable bonds is 5. The molecule has 110 valence electrons. The maximum Gasteiger partial charge on any atom is 0.0426 e. The number of nitrogens with one attached hydrogen (secondary N) is 1. The molecule has 0 aliphatic carbocycles. The van der Waals surface area contributed by atoms with Gasteiger partial charge in [0.2, 0.25) is 0 Å². The first-order valence-corrected chi connectivity index (χ1v) is 7.96. The van der Waals surface area contributed by atoms with Crippen molar-refractivity contribution in [2.24, 2.45) is 0 Å². The topological polar surface area (TPSA) is 15.3 Å². The molecular weight excluding hydrogens is 280 g/mol. The van der Waals surface area contributed by atoms with Gasteiger partial charge in [-0.05, 0) is 36.6 Å². The molecule has 0 radical (unpaired) electrons. The van der Waals surface area contributed by atoms with E-state index in [0.717, 1.165) is 30.2 Å². The zero-order chi connectivity index (χ0) is 14.5. The summed E-state index contributed by atoms with van der Waals surface area (Å²) >= 11 is 6.03. The van der Waals surface area contributed by atoms with Gasteiger partial charge in [-0.25, -0.2) is 0 Å². The third-order valence-corrected chi connectivity index (χ3v) is 4.26. The van der Waals surface area contributed by atoms with Gasteiger partial charge in [-0.15, -0.1) is 0 Å². The zero-order valence-corrected chi connectivity index (χ0v) is 12.9. The first-order chi connectivity index (χ1) is 10.3. The summed E-state index contributed by atoms with van der Waals surface area (Å²) in [6.07, 6.45) is 2.33. The summed E-state index contributed by atoms with van der Waals surface area (Å²) in [4.78, 5) is 2.54. The van der Waals surface area contributed by atoms with E-state index in [1.165, 1.54) is 18.5 Å². The van der Waals surface area contributed by atoms with Gasteiger partial charge in [0, 0.05) is 36.4 Å². The number of nitrogens with zero attached hydrogens (tertiary/aromatic N) is 1. The van der Waals surface area contributed by atoms with Crippen LogP contribution < -0.4 is 5.32 Å². The van der Waals surface area contributed by atoms with Crippen molar-refractivity contribution in [1.29, 1.82) is 0 Å². The second-order valence-corrected chi connectivity index (χ2v) is 6.11. The van der Waals surface area contributed by atoms with Crippen LogP contribution in [0.5, 0.6) is 0 Å². The van der Waals surface area contributed by atoms with Crippen LogP contribution in [0.15, 0.2) is 54.6 Å². The third-order valence-electron chi connectivity index (χ3n) is 4.03. The summed E-state index contributed by atoms with van der Waals surface area (Å²) in [6.45, 7) is 3.42. The van der Waals surface area contributed by atoms with Gasteiger partial charge in [0.15, 0.2) is 0 Å². The molecule has 1 N–H and O–H groups in total. The van der Waals surface area contributed by atoms with Crippen molar-refractivity contribution in [2.45, 2.75) is 18.9 Å². The summed E-state index contributed by atoms with van der Waals surface area (Å²) < 4.78 is 0. The van der Waals surface area contributed by atoms with Crippen LogP contribution in [0.2, 0.25) is 5.02 Å². The Morgan fingerprint density at radius 3 is 2.76 bits per heavy atom. The number of hydrogen-bond acceptors (Lipinski definition) is 2. The highest BCUT2D eigenvalue weighted by atomic mass is 35.5. The summed E-state index contributed by atoms with van der Waals surface area (Å²) in [6, 6.07) is 19.2. The molecule has 21 heavy (non-hydrogen) atoms. The van der Waals surface area contributed by atoms with Gasteiger partial charge in [0.05, 0.1) is 0 Å². The van der Waals surface area contributed by atoms with Crippen molar-refractivity contribution >= 4 is 17.3 Å². The Balaban J connectivity index is 1.47. The molecule has 0 spiro atoms. The minimum Gasteiger partial charge on any atom is -0.381 e. The predicted octanol–water partition coefficient (Wildman–Crippen LogP) is 4.07. The van der Waals surface area contributed by atoms with Crippen LogP contribution in [-0.4, -0.2) is 30.6 Å². The maximum absolute atomic E-state index is 6.03. The number of benzene rings is 2. The minimum absolute atomic E-state index is 0.527. The molecule has 0 saturated carbocycles. The van der Waals surface area contributed by atoms with Crippen LogP contribution in [-0.2, 0) is 6.42 Å². The smallest absolute Gasteiger partial charge is 0.0426 e. The van der Waals surface area contributed by atoms with Gasteiger partial charge >= 0.3 is 0 Å². The molecule has 3 heteroatoms. The molecule has 1 atom stereocenters. The second kappa shape index (κ2) is 6.97. The fourth-order valence-electron chi connectivity index (χ4n) is 2.90. The van der Waals surface area contributed by atoms with Crippen LogP contribution in [0.1, 0.15) is 12.0 Å². The van der Waals surface area contributed by atoms with E-state index in [0.29, 0.717) is 6.04 Å². The standard InChI is InChI=1S/C18H21ClN2/c19-16-7-4-8-17(13-16)20-18-10-12-21(14-18)11-9-15-5-2-1-3-6-15/h1-8,13,18,20H,9-12,14H2. The quantitative estimate of drug-likeness (QED) is 0.895. The van der Waals surface area contributed by atoms with Crippen molar-refractivity contribution in [3.63, 3.8) is 0 Å². The highest BCUT2D eigenvalue weighted by Crippen LogP contribution is 2.19. The van der Waals surface area contributed by atoms with Crippen LogP contribution in [0.25, 0.3) is 0 Å². The lowest BCUT2D eigenvalue weighted by molar-refractivity contribution is 0.341. The van der Waals surface area contributed by atoms with Gasteiger partial charge in [-0.2, -0.15) is 0 Å². The van der Waals surface area contributed by atoms with Crippen LogP contribution in [0, 0.1) is 0 Å². The minimum atomic E-state index is 0.527. The molecule has 0 aromatic heterocycles. The van der Waals surface area contributed by atoms with Crippen LogP contribution in [0.3, 0.4) is 0 Å². The van der Waals surface area contributed by atoms with Gasteiger partial charge < -0.3 is 10.2 Å². The normalized spacial score (nSPS) is 18.8. The highest BCUT2D eigenvalue weighted by molar-refractivity contribution is 6.30. The molecule has 1 unspecified atom stereocenters. The molecule has 0 bridgehead atoms. The largest absolute Gasteiger partial charge is 0.381 e. The van der Waals surface area contributed by atoms with Crippen molar-refractivity contribution < 1.29 is 0 Å². The van der Waals surface area contributed by atoms with E-state index in [9.17, 15) is 0 Å². The van der Waals surface area contributed by atoms with E-state index in [1.54, 1.807) is 0 Å². The van der Waals surface area contributed by atoms with E-state index in [2.05, 4.69) is 46.6 Å². The molecule has 1 fully saturated rings. The lowest BCUT2D eigenvalue weighted by Crippen LogP contribution is -2.27. The van der Waals surface area contributed by atoms with Crippen molar-refractivity contribution in [3.8, 4) is 0 Å². The van der Waals surface area contributed by atoms with Crippen LogP contribution in [0.4, 0.5) is 5.69 Å². The summed E-state index contributed by atoms with van der Waals surface area (Å²) in [7, 11) is 0. The molecule has 1 aliphatic rings. The summed E-state index contributed by atoms with van der Waals surface area (Å²) in [5.41, 5.74) is 2.54. The van der Waals surface area contributed by atoms with Gasteiger partial charge in [-0.3, -0.25) is 0 Å². The van der Waals surface area contributed by atoms with Gasteiger partial charge in [0.1, 0.15) is 0 Å². The average Bonchev–Trinajstić information content (AvgIpc) is 2.94. The maximum atomic E-state index is 6.03. The first-order valence-electron chi connectivity index (χ1n) is 7.58. The molecule has 1 saturated heterocycles. The van der Waals surface area contributed by atoms with Crippen molar-refractivity contribution in [3.05, 3.63) is 65.2 Å². The van der Waals surface area contributed by atoms with E-state index in [4.69, 9.17) is 11.6 Å². The van der Waals surface area contributed by atoms with E-state index in [-0.39, 0.29) is 0 Å². The Bertz CT molecular complexity index is 570. The molecule has 0 amide bonds. The van der Waals surface area contributed by atoms with E-state index in [1.807, 2.05) is 18.2 Å². The summed E-state index contributed by atoms with van der Waals surface area (Å²) in [5.74, 6) is 0. The number of likely N-dealkylation sites (tertiary alicyclic amines) is 1. The molecular formula is C18H21ClN2. The Morgan fingerprint density at radius 2 is 1.95 bits per heavy atom. The van der Waals surface area contributed by atoms with E-state index >= 15 is 0 Å². The lowest BCUT2D eigenvalue weighted by Gasteiger charge is -2.17. The second-order valence-electron chi connectivity index (χ2n) is 5.68. The molecule has 3 rings (SSSR count). The van der Waals surface area contributed by atoms with Gasteiger partial charge in [0.25, 0.3) is 0 Å². The molecule has 2 aromatic carbocycles.